The fraction of sp³-hybridized carbons (Fsp3) is 0.412. The van der Waals surface area contributed by atoms with Gasteiger partial charge in [0.05, 0.1) is 7.11 Å². The molecule has 2 rings (SSSR count). The second-order valence-corrected chi connectivity index (χ2v) is 4.92. The molecule has 0 aromatic heterocycles. The molecule has 0 amide bonds. The molecule has 0 radical (unpaired) electrons. The summed E-state index contributed by atoms with van der Waals surface area (Å²) in [5.74, 6) is 0.891. The second kappa shape index (κ2) is 7.27. The minimum atomic E-state index is 0.177. The van der Waals surface area contributed by atoms with E-state index in [1.807, 2.05) is 18.2 Å². The minimum Gasteiger partial charge on any atom is -0.496 e. The maximum Gasteiger partial charge on any atom is 0.126 e. The van der Waals surface area contributed by atoms with Gasteiger partial charge in [-0.3, -0.25) is 0 Å². The van der Waals surface area contributed by atoms with Crippen LogP contribution in [0.25, 0.3) is 10.8 Å². The van der Waals surface area contributed by atoms with Crippen molar-refractivity contribution in [1.82, 2.24) is 5.32 Å². The van der Waals surface area contributed by atoms with Crippen LogP contribution in [0.5, 0.6) is 5.75 Å². The summed E-state index contributed by atoms with van der Waals surface area (Å²) >= 11 is 0. The fourth-order valence-electron chi connectivity index (χ4n) is 2.59. The van der Waals surface area contributed by atoms with E-state index in [1.54, 1.807) is 7.11 Å². The summed E-state index contributed by atoms with van der Waals surface area (Å²) < 4.78 is 5.43. The lowest BCUT2D eigenvalue weighted by Gasteiger charge is -2.21. The molecule has 0 heterocycles. The highest BCUT2D eigenvalue weighted by atomic mass is 16.5. The number of aliphatic hydroxyl groups is 1. The number of fused-ring (bicyclic) bond motifs is 1. The standard InChI is InChI=1S/C17H23NO2/c1-3-11-18-16(10-12-19)14-8-9-17(20-2)15-7-5-4-6-13(14)15/h4-9,16,18-19H,3,10-12H2,1-2H3. The van der Waals surface area contributed by atoms with Gasteiger partial charge in [-0.05, 0) is 36.4 Å². The summed E-state index contributed by atoms with van der Waals surface area (Å²) in [5.41, 5.74) is 1.23. The molecule has 108 valence electrons. The number of nitrogens with one attached hydrogen (secondary N) is 1. The van der Waals surface area contributed by atoms with Gasteiger partial charge in [0.1, 0.15) is 5.75 Å². The van der Waals surface area contributed by atoms with Gasteiger partial charge >= 0.3 is 0 Å². The third kappa shape index (κ3) is 3.11. The van der Waals surface area contributed by atoms with Crippen LogP contribution in [0.15, 0.2) is 36.4 Å². The molecule has 1 unspecified atom stereocenters. The van der Waals surface area contributed by atoms with Crippen LogP contribution in [0, 0.1) is 0 Å². The molecule has 2 aromatic rings. The highest BCUT2D eigenvalue weighted by molar-refractivity contribution is 5.91. The van der Waals surface area contributed by atoms with E-state index in [4.69, 9.17) is 4.74 Å². The van der Waals surface area contributed by atoms with E-state index in [-0.39, 0.29) is 12.6 Å². The molecule has 20 heavy (non-hydrogen) atoms. The van der Waals surface area contributed by atoms with E-state index in [9.17, 15) is 5.11 Å². The van der Waals surface area contributed by atoms with Crippen LogP contribution in [0.4, 0.5) is 0 Å². The number of hydrogen-bond donors (Lipinski definition) is 2. The summed E-state index contributed by atoms with van der Waals surface area (Å²) in [6, 6.07) is 12.5. The Morgan fingerprint density at radius 3 is 2.55 bits per heavy atom. The van der Waals surface area contributed by atoms with Crippen molar-refractivity contribution in [2.75, 3.05) is 20.3 Å². The number of methoxy groups -OCH3 is 1. The summed E-state index contributed by atoms with van der Waals surface area (Å²) in [7, 11) is 1.70. The van der Waals surface area contributed by atoms with Gasteiger partial charge in [-0.1, -0.05) is 37.3 Å². The average Bonchev–Trinajstić information content (AvgIpc) is 2.50. The number of benzene rings is 2. The van der Waals surface area contributed by atoms with Crippen LogP contribution >= 0.6 is 0 Å². The largest absolute Gasteiger partial charge is 0.496 e. The van der Waals surface area contributed by atoms with Crippen molar-refractivity contribution >= 4 is 10.8 Å². The van der Waals surface area contributed by atoms with Gasteiger partial charge in [0.25, 0.3) is 0 Å². The molecular weight excluding hydrogens is 250 g/mol. The Morgan fingerprint density at radius 2 is 1.90 bits per heavy atom. The van der Waals surface area contributed by atoms with Gasteiger partial charge in [-0.25, -0.2) is 0 Å². The molecule has 3 heteroatoms. The van der Waals surface area contributed by atoms with Crippen molar-refractivity contribution in [3.63, 3.8) is 0 Å². The second-order valence-electron chi connectivity index (χ2n) is 4.92. The Balaban J connectivity index is 2.46. The first-order valence-electron chi connectivity index (χ1n) is 7.21. The van der Waals surface area contributed by atoms with Gasteiger partial charge < -0.3 is 15.2 Å². The molecule has 2 N–H and O–H groups in total. The minimum absolute atomic E-state index is 0.177. The normalized spacial score (nSPS) is 12.6. The maximum absolute atomic E-state index is 9.31. The molecule has 2 aromatic carbocycles. The molecule has 0 bridgehead atoms. The SMILES string of the molecule is CCCNC(CCO)c1ccc(OC)c2ccccc12. The zero-order valence-corrected chi connectivity index (χ0v) is 12.2. The van der Waals surface area contributed by atoms with Gasteiger partial charge in [0.15, 0.2) is 0 Å². The predicted molar refractivity (Wildman–Crippen MR) is 83.2 cm³/mol. The molecule has 0 aliphatic rings. The Hall–Kier alpha value is -1.58. The monoisotopic (exact) mass is 273 g/mol. The van der Waals surface area contributed by atoms with Crippen LogP contribution in [0.2, 0.25) is 0 Å². The predicted octanol–water partition coefficient (Wildman–Crippen LogP) is 3.27. The van der Waals surface area contributed by atoms with Crippen LogP contribution < -0.4 is 10.1 Å². The molecule has 0 spiro atoms. The van der Waals surface area contributed by atoms with E-state index in [0.29, 0.717) is 0 Å². The van der Waals surface area contributed by atoms with Gasteiger partial charge in [-0.2, -0.15) is 0 Å². The number of hydrogen-bond acceptors (Lipinski definition) is 3. The Bertz CT molecular complexity index is 554. The van der Waals surface area contributed by atoms with Gasteiger partial charge in [0, 0.05) is 18.0 Å². The van der Waals surface area contributed by atoms with E-state index >= 15 is 0 Å². The fourth-order valence-corrected chi connectivity index (χ4v) is 2.59. The van der Waals surface area contributed by atoms with Crippen molar-refractivity contribution in [1.29, 1.82) is 0 Å². The molecule has 0 saturated heterocycles. The quantitative estimate of drug-likeness (QED) is 0.813. The first kappa shape index (κ1) is 14.8. The van der Waals surface area contributed by atoms with E-state index in [0.717, 1.165) is 30.5 Å². The lowest BCUT2D eigenvalue weighted by Crippen LogP contribution is -2.23. The molecule has 0 fully saturated rings. The number of ether oxygens (including phenoxy) is 1. The van der Waals surface area contributed by atoms with Crippen LogP contribution in [0.1, 0.15) is 31.4 Å². The first-order chi connectivity index (χ1) is 9.81. The van der Waals surface area contributed by atoms with Crippen molar-refractivity contribution in [3.05, 3.63) is 42.0 Å². The van der Waals surface area contributed by atoms with E-state index in [2.05, 4.69) is 30.4 Å². The van der Waals surface area contributed by atoms with Gasteiger partial charge in [0.2, 0.25) is 0 Å². The van der Waals surface area contributed by atoms with E-state index in [1.165, 1.54) is 10.9 Å². The molecule has 0 aliphatic heterocycles. The number of aliphatic hydroxyl groups excluding tert-OH is 1. The molecule has 1 atom stereocenters. The van der Waals surface area contributed by atoms with E-state index < -0.39 is 0 Å². The molecule has 0 saturated carbocycles. The summed E-state index contributed by atoms with van der Waals surface area (Å²) in [6.07, 6.45) is 1.80. The van der Waals surface area contributed by atoms with Crippen LogP contribution in [0.3, 0.4) is 0 Å². The molecular formula is C17H23NO2. The summed E-state index contributed by atoms with van der Waals surface area (Å²) in [6.45, 7) is 3.28. The highest BCUT2D eigenvalue weighted by Crippen LogP contribution is 2.32. The smallest absolute Gasteiger partial charge is 0.126 e. The first-order valence-corrected chi connectivity index (χ1v) is 7.21. The maximum atomic E-state index is 9.31. The third-order valence-corrected chi connectivity index (χ3v) is 3.57. The van der Waals surface area contributed by atoms with Crippen molar-refractivity contribution in [3.8, 4) is 5.75 Å². The third-order valence-electron chi connectivity index (χ3n) is 3.57. The lowest BCUT2D eigenvalue weighted by atomic mass is 9.96. The van der Waals surface area contributed by atoms with Crippen LogP contribution in [-0.2, 0) is 0 Å². The molecule has 0 aliphatic carbocycles. The van der Waals surface area contributed by atoms with Gasteiger partial charge in [-0.15, -0.1) is 0 Å². The summed E-state index contributed by atoms with van der Waals surface area (Å²) in [5, 5.41) is 15.1. The average molecular weight is 273 g/mol. The summed E-state index contributed by atoms with van der Waals surface area (Å²) in [4.78, 5) is 0. The van der Waals surface area contributed by atoms with Crippen molar-refractivity contribution in [2.45, 2.75) is 25.8 Å². The Morgan fingerprint density at radius 1 is 1.15 bits per heavy atom. The zero-order chi connectivity index (χ0) is 14.4. The lowest BCUT2D eigenvalue weighted by molar-refractivity contribution is 0.266. The zero-order valence-electron chi connectivity index (χ0n) is 12.2. The topological polar surface area (TPSA) is 41.5 Å². The Kier molecular flexibility index (Phi) is 5.39. The highest BCUT2D eigenvalue weighted by Gasteiger charge is 2.14. The van der Waals surface area contributed by atoms with Crippen LogP contribution in [-0.4, -0.2) is 25.4 Å². The molecule has 3 nitrogen and oxygen atoms in total. The van der Waals surface area contributed by atoms with Crippen molar-refractivity contribution in [2.24, 2.45) is 0 Å². The number of rotatable bonds is 7. The Labute approximate surface area is 120 Å². The van der Waals surface area contributed by atoms with Crippen molar-refractivity contribution < 1.29 is 9.84 Å².